The lowest BCUT2D eigenvalue weighted by atomic mass is 9.99. The summed E-state index contributed by atoms with van der Waals surface area (Å²) in [5.41, 5.74) is -0.858. The van der Waals surface area contributed by atoms with Gasteiger partial charge < -0.3 is 14.5 Å². The summed E-state index contributed by atoms with van der Waals surface area (Å²) in [4.78, 5) is 12.7. The molecule has 0 bridgehead atoms. The van der Waals surface area contributed by atoms with E-state index in [1.54, 1.807) is 12.3 Å². The Hall–Kier alpha value is -2.15. The summed E-state index contributed by atoms with van der Waals surface area (Å²) in [5, 5.41) is 11.3. The van der Waals surface area contributed by atoms with Crippen molar-refractivity contribution in [1.29, 1.82) is 0 Å². The molecule has 1 N–H and O–H groups in total. The Labute approximate surface area is 128 Å². The van der Waals surface area contributed by atoms with E-state index >= 15 is 0 Å². The van der Waals surface area contributed by atoms with E-state index in [0.29, 0.717) is 31.3 Å². The lowest BCUT2D eigenvalue weighted by molar-refractivity contribution is -0.135. The van der Waals surface area contributed by atoms with Gasteiger partial charge in [-0.05, 0) is 19.1 Å². The third kappa shape index (κ3) is 2.41. The molecule has 1 aliphatic rings. The van der Waals surface area contributed by atoms with Crippen molar-refractivity contribution in [3.63, 3.8) is 0 Å². The molecule has 22 heavy (non-hydrogen) atoms. The van der Waals surface area contributed by atoms with Gasteiger partial charge in [0.2, 0.25) is 5.91 Å². The van der Waals surface area contributed by atoms with Crippen LogP contribution >= 0.6 is 0 Å². The first-order valence-electron chi connectivity index (χ1n) is 7.35. The van der Waals surface area contributed by atoms with Gasteiger partial charge in [0.1, 0.15) is 23.7 Å². The predicted molar refractivity (Wildman–Crippen MR) is 78.0 cm³/mol. The van der Waals surface area contributed by atoms with E-state index in [0.717, 1.165) is 5.82 Å². The normalized spacial score (nSPS) is 20.9. The molecular weight excluding hydrogens is 284 g/mol. The molecule has 1 aliphatic heterocycles. The predicted octanol–water partition coefficient (Wildman–Crippen LogP) is 1.56. The molecule has 1 atom stereocenters. The number of carbonyl (C=O) groups is 1. The summed E-state index contributed by atoms with van der Waals surface area (Å²) in [7, 11) is 0. The van der Waals surface area contributed by atoms with E-state index < -0.39 is 5.54 Å². The summed E-state index contributed by atoms with van der Waals surface area (Å²) in [6.07, 6.45) is 1.59. The zero-order valence-electron chi connectivity index (χ0n) is 13.0. The number of furan rings is 1. The van der Waals surface area contributed by atoms with E-state index in [9.17, 15) is 4.79 Å². The fourth-order valence-corrected chi connectivity index (χ4v) is 2.68. The highest BCUT2D eigenvalue weighted by molar-refractivity contribution is 5.84. The fourth-order valence-electron chi connectivity index (χ4n) is 2.68. The lowest BCUT2D eigenvalue weighted by Gasteiger charge is -2.35. The first-order chi connectivity index (χ1) is 10.5. The number of fused-ring (bicyclic) bond motifs is 1. The van der Waals surface area contributed by atoms with Crippen LogP contribution in [0.2, 0.25) is 0 Å². The standard InChI is InChI=1S/C15H20N4O3/c1-10(2)13-18-17-12-8-21-9-15(3,19(12)13)14(20)16-7-11-5-4-6-22-11/h4-6,10H,7-9H2,1-3H3,(H,16,20). The van der Waals surface area contributed by atoms with Crippen LogP contribution in [0.15, 0.2) is 22.8 Å². The molecule has 7 heteroatoms. The Kier molecular flexibility index (Phi) is 3.74. The summed E-state index contributed by atoms with van der Waals surface area (Å²) in [6.45, 7) is 6.93. The van der Waals surface area contributed by atoms with E-state index in [-0.39, 0.29) is 11.8 Å². The number of nitrogens with zero attached hydrogens (tertiary/aromatic N) is 3. The molecular formula is C15H20N4O3. The van der Waals surface area contributed by atoms with Crippen molar-refractivity contribution in [2.75, 3.05) is 6.61 Å². The van der Waals surface area contributed by atoms with Crippen molar-refractivity contribution in [2.24, 2.45) is 0 Å². The topological polar surface area (TPSA) is 82.2 Å². The Morgan fingerprint density at radius 3 is 3.00 bits per heavy atom. The van der Waals surface area contributed by atoms with E-state index in [1.807, 2.05) is 31.4 Å². The average molecular weight is 304 g/mol. The van der Waals surface area contributed by atoms with Crippen molar-refractivity contribution < 1.29 is 13.9 Å². The number of hydrogen-bond donors (Lipinski definition) is 1. The minimum absolute atomic E-state index is 0.133. The van der Waals surface area contributed by atoms with Crippen LogP contribution in [0.3, 0.4) is 0 Å². The number of amides is 1. The van der Waals surface area contributed by atoms with Crippen LogP contribution in [0.5, 0.6) is 0 Å². The number of nitrogens with one attached hydrogen (secondary N) is 1. The quantitative estimate of drug-likeness (QED) is 0.927. The van der Waals surface area contributed by atoms with Crippen LogP contribution < -0.4 is 5.32 Å². The molecule has 2 aromatic heterocycles. The third-order valence-electron chi connectivity index (χ3n) is 3.87. The molecule has 0 spiro atoms. The zero-order valence-corrected chi connectivity index (χ0v) is 13.0. The first kappa shape index (κ1) is 14.8. The van der Waals surface area contributed by atoms with Crippen LogP contribution in [-0.2, 0) is 28.2 Å². The molecule has 7 nitrogen and oxygen atoms in total. The molecule has 2 aromatic rings. The lowest BCUT2D eigenvalue weighted by Crippen LogP contribution is -2.53. The SMILES string of the molecule is CC(C)c1nnc2n1C(C)(C(=O)NCc1ccco1)COC2. The third-order valence-corrected chi connectivity index (χ3v) is 3.87. The van der Waals surface area contributed by atoms with Gasteiger partial charge >= 0.3 is 0 Å². The minimum atomic E-state index is -0.858. The first-order valence-corrected chi connectivity index (χ1v) is 7.35. The van der Waals surface area contributed by atoms with E-state index in [2.05, 4.69) is 15.5 Å². The number of rotatable bonds is 4. The van der Waals surface area contributed by atoms with Gasteiger partial charge in [-0.1, -0.05) is 13.8 Å². The molecule has 3 heterocycles. The van der Waals surface area contributed by atoms with Gasteiger partial charge in [0.15, 0.2) is 5.82 Å². The fraction of sp³-hybridized carbons (Fsp3) is 0.533. The van der Waals surface area contributed by atoms with E-state index in [4.69, 9.17) is 9.15 Å². The van der Waals surface area contributed by atoms with Gasteiger partial charge in [0.25, 0.3) is 0 Å². The summed E-state index contributed by atoms with van der Waals surface area (Å²) in [5.74, 6) is 2.24. The molecule has 0 saturated carbocycles. The van der Waals surface area contributed by atoms with Crippen LogP contribution in [0.25, 0.3) is 0 Å². The average Bonchev–Trinajstić information content (AvgIpc) is 3.14. The van der Waals surface area contributed by atoms with Crippen LogP contribution in [0.1, 0.15) is 44.1 Å². The molecule has 0 aromatic carbocycles. The van der Waals surface area contributed by atoms with Gasteiger partial charge in [-0.2, -0.15) is 0 Å². The van der Waals surface area contributed by atoms with Gasteiger partial charge in [-0.25, -0.2) is 0 Å². The van der Waals surface area contributed by atoms with Crippen molar-refractivity contribution >= 4 is 5.91 Å². The molecule has 118 valence electrons. The van der Waals surface area contributed by atoms with Crippen molar-refractivity contribution in [1.82, 2.24) is 20.1 Å². The highest BCUT2D eigenvalue weighted by Gasteiger charge is 2.42. The zero-order chi connectivity index (χ0) is 15.7. The number of aromatic nitrogens is 3. The Bertz CT molecular complexity index is 662. The van der Waals surface area contributed by atoms with Gasteiger partial charge in [0, 0.05) is 5.92 Å². The van der Waals surface area contributed by atoms with Gasteiger partial charge in [0.05, 0.1) is 19.4 Å². The van der Waals surface area contributed by atoms with Crippen molar-refractivity contribution in [2.45, 2.75) is 45.4 Å². The van der Waals surface area contributed by atoms with Crippen molar-refractivity contribution in [3.8, 4) is 0 Å². The maximum Gasteiger partial charge on any atom is 0.248 e. The van der Waals surface area contributed by atoms with Gasteiger partial charge in [-0.15, -0.1) is 10.2 Å². The Morgan fingerprint density at radius 2 is 2.32 bits per heavy atom. The van der Waals surface area contributed by atoms with Crippen LogP contribution in [0, 0.1) is 0 Å². The van der Waals surface area contributed by atoms with Gasteiger partial charge in [-0.3, -0.25) is 9.36 Å². The van der Waals surface area contributed by atoms with Crippen molar-refractivity contribution in [3.05, 3.63) is 35.8 Å². The molecule has 0 fully saturated rings. The highest BCUT2D eigenvalue weighted by Crippen LogP contribution is 2.29. The summed E-state index contributed by atoms with van der Waals surface area (Å²) < 4.78 is 12.7. The summed E-state index contributed by atoms with van der Waals surface area (Å²) in [6, 6.07) is 3.62. The molecule has 3 rings (SSSR count). The Morgan fingerprint density at radius 1 is 1.50 bits per heavy atom. The summed E-state index contributed by atoms with van der Waals surface area (Å²) >= 11 is 0. The molecule has 1 unspecified atom stereocenters. The number of carbonyl (C=O) groups excluding carboxylic acids is 1. The van der Waals surface area contributed by atoms with E-state index in [1.165, 1.54) is 0 Å². The highest BCUT2D eigenvalue weighted by atomic mass is 16.5. The second-order valence-corrected chi connectivity index (χ2v) is 5.99. The second kappa shape index (κ2) is 5.57. The molecule has 1 amide bonds. The number of ether oxygens (including phenoxy) is 1. The second-order valence-electron chi connectivity index (χ2n) is 5.99. The minimum Gasteiger partial charge on any atom is -0.467 e. The largest absolute Gasteiger partial charge is 0.467 e. The van der Waals surface area contributed by atoms with Crippen LogP contribution in [-0.4, -0.2) is 27.3 Å². The molecule has 0 aliphatic carbocycles. The maximum absolute atomic E-state index is 12.7. The Balaban J connectivity index is 1.86. The molecule has 0 saturated heterocycles. The van der Waals surface area contributed by atoms with Crippen LogP contribution in [0.4, 0.5) is 0 Å². The number of hydrogen-bond acceptors (Lipinski definition) is 5. The smallest absolute Gasteiger partial charge is 0.248 e. The maximum atomic E-state index is 12.7. The molecule has 0 radical (unpaired) electrons. The monoisotopic (exact) mass is 304 g/mol.